The Kier molecular flexibility index (Phi) is 12.7. The molecule has 4 N–H and O–H groups in total. The number of amides is 3. The molecule has 72 heavy (non-hydrogen) atoms. The lowest BCUT2D eigenvalue weighted by Crippen LogP contribution is -2.55. The molecular weight excluding hydrogens is 905 g/mol. The lowest BCUT2D eigenvalue weighted by Gasteiger charge is -2.39. The fourth-order valence-corrected chi connectivity index (χ4v) is 11.9. The number of aliphatic hydroxyl groups is 2. The molecule has 6 aromatic rings. The molecule has 15 heteroatoms. The minimum Gasteiger partial charge on any atom is -0.395 e. The lowest BCUT2D eigenvalue weighted by molar-refractivity contribution is -0.139. The molecule has 0 saturated carbocycles. The number of hydrogen-bond donors (Lipinski definition) is 4. The zero-order valence-electron chi connectivity index (χ0n) is 40.7. The van der Waals surface area contributed by atoms with Crippen molar-refractivity contribution < 1.29 is 24.6 Å². The summed E-state index contributed by atoms with van der Waals surface area (Å²) in [5, 5.41) is 38.9. The van der Waals surface area contributed by atoms with Crippen LogP contribution in [0.2, 0.25) is 0 Å². The summed E-state index contributed by atoms with van der Waals surface area (Å²) in [5.74, 6) is -1.38. The number of anilines is 5. The molecule has 0 radical (unpaired) electrons. The summed E-state index contributed by atoms with van der Waals surface area (Å²) in [6.45, 7) is 6.03. The van der Waals surface area contributed by atoms with Crippen molar-refractivity contribution in [1.82, 2.24) is 25.6 Å². The number of piperidine rings is 2. The van der Waals surface area contributed by atoms with Gasteiger partial charge >= 0.3 is 0 Å². The summed E-state index contributed by atoms with van der Waals surface area (Å²) >= 11 is 0. The molecule has 4 fully saturated rings. The Morgan fingerprint density at radius 3 is 1.81 bits per heavy atom. The maximum atomic E-state index is 15.2. The molecule has 11 rings (SSSR count). The Balaban J connectivity index is 0.895. The van der Waals surface area contributed by atoms with E-state index in [1.165, 1.54) is 0 Å². The van der Waals surface area contributed by atoms with Gasteiger partial charge in [0.25, 0.3) is 17.7 Å². The van der Waals surface area contributed by atoms with Crippen LogP contribution in [0, 0.1) is 5.92 Å². The third-order valence-corrected chi connectivity index (χ3v) is 15.9. The van der Waals surface area contributed by atoms with Gasteiger partial charge in [-0.1, -0.05) is 103 Å². The van der Waals surface area contributed by atoms with E-state index in [0.29, 0.717) is 87.7 Å². The third-order valence-electron chi connectivity index (χ3n) is 15.9. The van der Waals surface area contributed by atoms with E-state index in [2.05, 4.69) is 42.9 Å². The fraction of sp³-hybridized carbons (Fsp3) is 0.351. The molecule has 370 valence electrons. The average molecular weight is 967 g/mol. The molecule has 3 amide bonds. The van der Waals surface area contributed by atoms with Gasteiger partial charge in [-0.2, -0.15) is 0 Å². The second kappa shape index (κ2) is 19.4. The number of para-hydroxylation sites is 2. The molecule has 5 aromatic carbocycles. The number of aryl methyl sites for hydroxylation is 1. The first-order valence-electron chi connectivity index (χ1n) is 25.4. The van der Waals surface area contributed by atoms with E-state index in [4.69, 9.17) is 0 Å². The zero-order chi connectivity index (χ0) is 49.5. The van der Waals surface area contributed by atoms with E-state index < -0.39 is 28.5 Å². The van der Waals surface area contributed by atoms with Crippen molar-refractivity contribution in [3.8, 4) is 0 Å². The van der Waals surface area contributed by atoms with Gasteiger partial charge in [0.15, 0.2) is 5.60 Å². The van der Waals surface area contributed by atoms with Crippen molar-refractivity contribution in [1.29, 1.82) is 0 Å². The Bertz CT molecular complexity index is 2960. The Labute approximate surface area is 420 Å². The number of hydrogen-bond acceptors (Lipinski definition) is 11. The number of allylic oxidation sites excluding steroid dienone is 1. The van der Waals surface area contributed by atoms with Crippen LogP contribution in [0.3, 0.4) is 0 Å². The summed E-state index contributed by atoms with van der Waals surface area (Å²) < 4.78 is 1.74. The van der Waals surface area contributed by atoms with Crippen LogP contribution >= 0.6 is 0 Å². The minimum absolute atomic E-state index is 0.00110. The number of rotatable bonds is 14. The topological polar surface area (TPSA) is 163 Å². The maximum Gasteiger partial charge on any atom is 0.264 e. The van der Waals surface area contributed by atoms with Crippen molar-refractivity contribution in [2.45, 2.75) is 74.7 Å². The summed E-state index contributed by atoms with van der Waals surface area (Å²) in [7, 11) is 0. The summed E-state index contributed by atoms with van der Waals surface area (Å²) in [5.41, 5.74) is 3.37. The largest absolute Gasteiger partial charge is 0.395 e. The number of aliphatic hydroxyl groups excluding tert-OH is 1. The van der Waals surface area contributed by atoms with Gasteiger partial charge in [0.2, 0.25) is 0 Å². The standard InChI is InChI=1S/C57H62N10O5/c1-41(14-11-12-33-62-37-50(60-61-62)48(38-68)43-16-5-2-6-17-43)57(72)49-35-47(65-40-67(45-20-9-4-10-21-45)56(53(65)70)27-31-59-32-28-56)23-24-51(49)63(54(57)71)36-42-15-13-22-46(34-42)64-39-66(44-18-7-3-8-19-44)55(52(64)69)25-29-58-30-26-55/h2-11,13-24,34-35,37,41,48,58-59,68,72H,12,25-33,36,38-40H2,1H3/b14-11+/t41-,48?,57+/m1/s1. The molecule has 15 nitrogen and oxygen atoms in total. The number of carbonyl (C=O) groups excluding carboxylic acids is 3. The summed E-state index contributed by atoms with van der Waals surface area (Å²) in [6, 6.07) is 43.4. The third kappa shape index (κ3) is 8.14. The molecule has 1 unspecified atom stereocenters. The number of aromatic nitrogens is 3. The van der Waals surface area contributed by atoms with Crippen molar-refractivity contribution in [2.75, 3.05) is 70.6 Å². The Morgan fingerprint density at radius 2 is 1.22 bits per heavy atom. The van der Waals surface area contributed by atoms with E-state index in [1.807, 2.05) is 156 Å². The summed E-state index contributed by atoms with van der Waals surface area (Å²) in [6.07, 6.45) is 8.90. The highest BCUT2D eigenvalue weighted by Crippen LogP contribution is 2.49. The molecule has 3 atom stereocenters. The van der Waals surface area contributed by atoms with Crippen LogP contribution in [-0.2, 0) is 33.1 Å². The van der Waals surface area contributed by atoms with Gasteiger partial charge in [-0.3, -0.25) is 28.9 Å². The van der Waals surface area contributed by atoms with Gasteiger partial charge in [-0.05, 0) is 124 Å². The van der Waals surface area contributed by atoms with Crippen molar-refractivity contribution in [3.05, 3.63) is 174 Å². The highest BCUT2D eigenvalue weighted by Gasteiger charge is 2.56. The van der Waals surface area contributed by atoms with Gasteiger partial charge in [-0.15, -0.1) is 5.10 Å². The lowest BCUT2D eigenvalue weighted by atomic mass is 9.82. The van der Waals surface area contributed by atoms with Gasteiger partial charge in [0, 0.05) is 47.0 Å². The number of nitrogens with zero attached hydrogens (tertiary/aromatic N) is 8. The first-order valence-corrected chi connectivity index (χ1v) is 25.4. The molecule has 2 spiro atoms. The molecule has 5 aliphatic heterocycles. The first kappa shape index (κ1) is 47.2. The number of carbonyl (C=O) groups is 3. The quantitative estimate of drug-likeness (QED) is 0.0910. The zero-order valence-corrected chi connectivity index (χ0v) is 40.7. The van der Waals surface area contributed by atoms with Crippen LogP contribution in [0.4, 0.5) is 28.4 Å². The predicted molar refractivity (Wildman–Crippen MR) is 279 cm³/mol. The molecule has 1 aromatic heterocycles. The van der Waals surface area contributed by atoms with E-state index >= 15 is 4.79 Å². The van der Waals surface area contributed by atoms with Crippen molar-refractivity contribution in [2.24, 2.45) is 5.92 Å². The predicted octanol–water partition coefficient (Wildman–Crippen LogP) is 6.29. The molecule has 5 aliphatic rings. The van der Waals surface area contributed by atoms with Crippen LogP contribution in [0.1, 0.15) is 67.3 Å². The van der Waals surface area contributed by atoms with Gasteiger partial charge < -0.3 is 35.5 Å². The molecule has 0 bridgehead atoms. The molecule has 4 saturated heterocycles. The highest BCUT2D eigenvalue weighted by molar-refractivity contribution is 6.10. The number of fused-ring (bicyclic) bond motifs is 1. The SMILES string of the molecule is C[C@H](/C=C/CCn1cc(C(CO)c2ccccc2)nn1)[C@@]1(O)C(=O)N(Cc2cccc(N3CN(c4ccccc4)C4(CCNCC4)C3=O)c2)c2ccc(N3CN(c4ccccc4)C4(CCNCC4)C3=O)cc21. The first-order chi connectivity index (χ1) is 35.1. The maximum absolute atomic E-state index is 15.2. The second-order valence-electron chi connectivity index (χ2n) is 19.9. The van der Waals surface area contributed by atoms with Crippen LogP contribution in [-0.4, -0.2) is 100 Å². The smallest absolute Gasteiger partial charge is 0.264 e. The number of nitrogens with one attached hydrogen (secondary N) is 2. The van der Waals surface area contributed by atoms with Crippen LogP contribution in [0.5, 0.6) is 0 Å². The van der Waals surface area contributed by atoms with E-state index in [0.717, 1.165) is 41.3 Å². The average Bonchev–Trinajstić information content (AvgIpc) is 4.14. The normalized spacial score (nSPS) is 21.4. The monoisotopic (exact) mass is 966 g/mol. The van der Waals surface area contributed by atoms with E-state index in [1.54, 1.807) is 9.58 Å². The molecular formula is C57H62N10O5. The van der Waals surface area contributed by atoms with Crippen LogP contribution in [0.25, 0.3) is 0 Å². The second-order valence-corrected chi connectivity index (χ2v) is 19.9. The van der Waals surface area contributed by atoms with Gasteiger partial charge in [0.1, 0.15) is 11.1 Å². The molecule has 6 heterocycles. The summed E-state index contributed by atoms with van der Waals surface area (Å²) in [4.78, 5) is 54.5. The van der Waals surface area contributed by atoms with Crippen LogP contribution in [0.15, 0.2) is 152 Å². The Hall–Kier alpha value is -7.17. The number of benzene rings is 5. The fourth-order valence-electron chi connectivity index (χ4n) is 11.9. The van der Waals surface area contributed by atoms with Gasteiger partial charge in [-0.25, -0.2) is 0 Å². The van der Waals surface area contributed by atoms with E-state index in [9.17, 15) is 19.8 Å². The van der Waals surface area contributed by atoms with Crippen molar-refractivity contribution >= 4 is 46.2 Å². The van der Waals surface area contributed by atoms with Crippen LogP contribution < -0.4 is 35.1 Å². The minimum atomic E-state index is -1.99. The van der Waals surface area contributed by atoms with Gasteiger partial charge in [0.05, 0.1) is 43.8 Å². The van der Waals surface area contributed by atoms with Crippen molar-refractivity contribution in [3.63, 3.8) is 0 Å². The Morgan fingerprint density at radius 1 is 0.667 bits per heavy atom. The molecule has 0 aliphatic carbocycles. The van der Waals surface area contributed by atoms with E-state index in [-0.39, 0.29) is 30.9 Å². The highest BCUT2D eigenvalue weighted by atomic mass is 16.3.